The minimum Gasteiger partial charge on any atom is -0.481 e. The molecule has 1 aromatic carbocycles. The zero-order valence-corrected chi connectivity index (χ0v) is 15.5. The third-order valence-electron chi connectivity index (χ3n) is 4.71. The van der Waals surface area contributed by atoms with E-state index in [0.29, 0.717) is 11.3 Å². The number of hydrogen-bond donors (Lipinski definition) is 1. The van der Waals surface area contributed by atoms with E-state index in [1.807, 2.05) is 24.4 Å². The maximum Gasteiger partial charge on any atom is 0.260 e. The molecule has 27 heavy (non-hydrogen) atoms. The van der Waals surface area contributed by atoms with E-state index in [0.717, 1.165) is 38.2 Å². The first-order chi connectivity index (χ1) is 13.1. The molecule has 0 bridgehead atoms. The molecule has 1 fully saturated rings. The molecule has 1 aliphatic heterocycles. The molecule has 1 aromatic heterocycles. The Morgan fingerprint density at radius 3 is 2.67 bits per heavy atom. The zero-order chi connectivity index (χ0) is 19.1. The van der Waals surface area contributed by atoms with E-state index in [9.17, 15) is 4.79 Å². The van der Waals surface area contributed by atoms with Crippen LogP contribution in [0.25, 0.3) is 0 Å². The van der Waals surface area contributed by atoms with Crippen molar-refractivity contribution in [2.24, 2.45) is 0 Å². The number of likely N-dealkylation sites (tertiary alicyclic amines) is 1. The molecule has 0 saturated carbocycles. The lowest BCUT2D eigenvalue weighted by atomic mass is 10.0. The van der Waals surface area contributed by atoms with Gasteiger partial charge in [0, 0.05) is 31.9 Å². The predicted molar refractivity (Wildman–Crippen MR) is 102 cm³/mol. The molecule has 2 aromatic rings. The molecular formula is C21H24N4O2. The highest BCUT2D eigenvalue weighted by molar-refractivity contribution is 5.81. The van der Waals surface area contributed by atoms with Crippen molar-refractivity contribution in [2.45, 2.75) is 38.5 Å². The lowest BCUT2D eigenvalue weighted by Crippen LogP contribution is -2.47. The molecule has 0 spiro atoms. The highest BCUT2D eigenvalue weighted by atomic mass is 16.5. The van der Waals surface area contributed by atoms with E-state index < -0.39 is 6.10 Å². The zero-order valence-electron chi connectivity index (χ0n) is 15.5. The van der Waals surface area contributed by atoms with E-state index >= 15 is 0 Å². The fourth-order valence-corrected chi connectivity index (χ4v) is 3.14. The maximum atomic E-state index is 12.4. The third kappa shape index (κ3) is 5.53. The number of carbonyl (C=O) groups excluding carboxylic acids is 1. The largest absolute Gasteiger partial charge is 0.481 e. The first-order valence-corrected chi connectivity index (χ1v) is 9.23. The number of nitrogens with zero attached hydrogens (tertiary/aromatic N) is 3. The summed E-state index contributed by atoms with van der Waals surface area (Å²) in [6.07, 6.45) is 3.08. The summed E-state index contributed by atoms with van der Waals surface area (Å²) in [5, 5.41) is 11.9. The molecule has 1 atom stereocenters. The second kappa shape index (κ2) is 9.15. The van der Waals surface area contributed by atoms with Crippen LogP contribution in [0.2, 0.25) is 0 Å². The van der Waals surface area contributed by atoms with Gasteiger partial charge in [-0.25, -0.2) is 0 Å². The van der Waals surface area contributed by atoms with Crippen molar-refractivity contribution < 1.29 is 9.53 Å². The van der Waals surface area contributed by atoms with E-state index in [1.54, 1.807) is 31.2 Å². The predicted octanol–water partition coefficient (Wildman–Crippen LogP) is 2.50. The van der Waals surface area contributed by atoms with Crippen LogP contribution in [0.3, 0.4) is 0 Å². The Labute approximate surface area is 159 Å². The highest BCUT2D eigenvalue weighted by Crippen LogP contribution is 2.15. The van der Waals surface area contributed by atoms with Crippen LogP contribution < -0.4 is 10.1 Å². The van der Waals surface area contributed by atoms with Gasteiger partial charge >= 0.3 is 0 Å². The Bertz CT molecular complexity index is 778. The molecule has 6 nitrogen and oxygen atoms in total. The molecular weight excluding hydrogens is 340 g/mol. The monoisotopic (exact) mass is 364 g/mol. The summed E-state index contributed by atoms with van der Waals surface area (Å²) < 4.78 is 5.68. The summed E-state index contributed by atoms with van der Waals surface area (Å²) in [5.41, 5.74) is 1.64. The normalized spacial score (nSPS) is 16.3. The molecule has 140 valence electrons. The summed E-state index contributed by atoms with van der Waals surface area (Å²) in [5.74, 6) is 0.476. The molecule has 0 unspecified atom stereocenters. The molecule has 6 heteroatoms. The quantitative estimate of drug-likeness (QED) is 0.852. The number of amides is 1. The summed E-state index contributed by atoms with van der Waals surface area (Å²) in [4.78, 5) is 19.1. The molecule has 0 radical (unpaired) electrons. The molecule has 3 rings (SSSR count). The highest BCUT2D eigenvalue weighted by Gasteiger charge is 2.23. The molecule has 0 aliphatic carbocycles. The molecule has 2 heterocycles. The van der Waals surface area contributed by atoms with Crippen LogP contribution in [0, 0.1) is 11.3 Å². The van der Waals surface area contributed by atoms with Crippen molar-refractivity contribution in [1.82, 2.24) is 15.2 Å². The van der Waals surface area contributed by atoms with Crippen LogP contribution in [-0.2, 0) is 11.3 Å². The Morgan fingerprint density at radius 1 is 1.30 bits per heavy atom. The van der Waals surface area contributed by atoms with Crippen LogP contribution in [0.1, 0.15) is 31.0 Å². The van der Waals surface area contributed by atoms with Gasteiger partial charge in [0.1, 0.15) is 5.75 Å². The van der Waals surface area contributed by atoms with Gasteiger partial charge in [-0.1, -0.05) is 6.07 Å². The number of benzene rings is 1. The van der Waals surface area contributed by atoms with Crippen molar-refractivity contribution in [3.8, 4) is 11.8 Å². The van der Waals surface area contributed by atoms with Gasteiger partial charge in [-0.3, -0.25) is 14.7 Å². The van der Waals surface area contributed by atoms with Crippen LogP contribution in [-0.4, -0.2) is 41.0 Å². The molecule has 1 saturated heterocycles. The number of piperidine rings is 1. The van der Waals surface area contributed by atoms with Gasteiger partial charge in [0.05, 0.1) is 17.3 Å². The number of ether oxygens (including phenoxy) is 1. The topological polar surface area (TPSA) is 78.2 Å². The Hall–Kier alpha value is -2.91. The second-order valence-corrected chi connectivity index (χ2v) is 6.78. The molecule has 1 aliphatic rings. The second-order valence-electron chi connectivity index (χ2n) is 6.78. The standard InChI is InChI=1S/C21H24N4O2/c1-16(27-20-7-5-17(14-22)6-8-20)21(26)24-18-9-12-25(13-10-18)15-19-4-2-3-11-23-19/h2-8,11,16,18H,9-10,12-13,15H2,1H3,(H,24,26)/t16-/m0/s1. The number of aromatic nitrogens is 1. The van der Waals surface area contributed by atoms with E-state index in [2.05, 4.69) is 21.3 Å². The summed E-state index contributed by atoms with van der Waals surface area (Å²) >= 11 is 0. The number of hydrogen-bond acceptors (Lipinski definition) is 5. The molecule has 1 N–H and O–H groups in total. The average Bonchev–Trinajstić information content (AvgIpc) is 2.71. The lowest BCUT2D eigenvalue weighted by molar-refractivity contribution is -0.128. The van der Waals surface area contributed by atoms with Crippen LogP contribution in [0.5, 0.6) is 5.75 Å². The number of nitriles is 1. The SMILES string of the molecule is C[C@H](Oc1ccc(C#N)cc1)C(=O)NC1CCN(Cc2ccccn2)CC1. The van der Waals surface area contributed by atoms with Gasteiger partial charge in [-0.15, -0.1) is 0 Å². The van der Waals surface area contributed by atoms with Gasteiger partial charge in [-0.2, -0.15) is 5.26 Å². The Kier molecular flexibility index (Phi) is 6.39. The van der Waals surface area contributed by atoms with Crippen LogP contribution in [0.4, 0.5) is 0 Å². The fourth-order valence-electron chi connectivity index (χ4n) is 3.14. The smallest absolute Gasteiger partial charge is 0.260 e. The van der Waals surface area contributed by atoms with Gasteiger partial charge in [-0.05, 0) is 56.2 Å². The third-order valence-corrected chi connectivity index (χ3v) is 4.71. The number of nitrogens with one attached hydrogen (secondary N) is 1. The van der Waals surface area contributed by atoms with Crippen molar-refractivity contribution >= 4 is 5.91 Å². The summed E-state index contributed by atoms with van der Waals surface area (Å²) in [6, 6.07) is 15.0. The summed E-state index contributed by atoms with van der Waals surface area (Å²) in [7, 11) is 0. The van der Waals surface area contributed by atoms with Crippen LogP contribution >= 0.6 is 0 Å². The molecule has 1 amide bonds. The Balaban J connectivity index is 1.42. The first kappa shape index (κ1) is 18.9. The number of carbonyl (C=O) groups is 1. The van der Waals surface area contributed by atoms with Crippen molar-refractivity contribution in [3.05, 3.63) is 59.9 Å². The van der Waals surface area contributed by atoms with Crippen molar-refractivity contribution in [2.75, 3.05) is 13.1 Å². The minimum absolute atomic E-state index is 0.109. The average molecular weight is 364 g/mol. The van der Waals surface area contributed by atoms with E-state index in [1.165, 1.54) is 0 Å². The Morgan fingerprint density at radius 2 is 2.04 bits per heavy atom. The fraction of sp³-hybridized carbons (Fsp3) is 0.381. The summed E-state index contributed by atoms with van der Waals surface area (Å²) in [6.45, 7) is 4.46. The minimum atomic E-state index is -0.579. The van der Waals surface area contributed by atoms with E-state index in [-0.39, 0.29) is 11.9 Å². The number of rotatable bonds is 6. The van der Waals surface area contributed by atoms with Gasteiger partial charge in [0.25, 0.3) is 5.91 Å². The van der Waals surface area contributed by atoms with Gasteiger partial charge in [0.15, 0.2) is 6.10 Å². The first-order valence-electron chi connectivity index (χ1n) is 9.23. The number of pyridine rings is 1. The maximum absolute atomic E-state index is 12.4. The van der Waals surface area contributed by atoms with Gasteiger partial charge in [0.2, 0.25) is 0 Å². The lowest BCUT2D eigenvalue weighted by Gasteiger charge is -2.32. The van der Waals surface area contributed by atoms with Crippen molar-refractivity contribution in [3.63, 3.8) is 0 Å². The van der Waals surface area contributed by atoms with Gasteiger partial charge < -0.3 is 10.1 Å². The van der Waals surface area contributed by atoms with E-state index in [4.69, 9.17) is 10.00 Å². The van der Waals surface area contributed by atoms with Crippen LogP contribution in [0.15, 0.2) is 48.7 Å². The van der Waals surface area contributed by atoms with Crippen molar-refractivity contribution in [1.29, 1.82) is 5.26 Å².